The number of benzene rings is 1. The van der Waals surface area contributed by atoms with E-state index in [9.17, 15) is 13.6 Å². The molecule has 0 saturated carbocycles. The number of anilines is 1. The van der Waals surface area contributed by atoms with Crippen LogP contribution in [0.2, 0.25) is 0 Å². The first kappa shape index (κ1) is 14.9. The maximum Gasteiger partial charge on any atom is 0.387 e. The monoisotopic (exact) mass is 297 g/mol. The third-order valence-corrected chi connectivity index (χ3v) is 2.49. The van der Waals surface area contributed by atoms with Crippen molar-refractivity contribution >= 4 is 11.6 Å². The number of aromatic nitrogens is 2. The fourth-order valence-corrected chi connectivity index (χ4v) is 1.62. The summed E-state index contributed by atoms with van der Waals surface area (Å²) in [5.41, 5.74) is 0.820. The van der Waals surface area contributed by atoms with Gasteiger partial charge in [0.2, 0.25) is 0 Å². The third kappa shape index (κ3) is 4.25. The average Bonchev–Trinajstić information content (AvgIpc) is 2.86. The van der Waals surface area contributed by atoms with Crippen molar-refractivity contribution in [3.63, 3.8) is 0 Å². The van der Waals surface area contributed by atoms with Crippen LogP contribution >= 0.6 is 0 Å². The molecule has 112 valence electrons. The fourth-order valence-electron chi connectivity index (χ4n) is 1.62. The number of nitrogens with one attached hydrogen (secondary N) is 1. The lowest BCUT2D eigenvalue weighted by molar-refractivity contribution is -0.0498. The van der Waals surface area contributed by atoms with Gasteiger partial charge in [-0.1, -0.05) is 0 Å². The van der Waals surface area contributed by atoms with Crippen LogP contribution in [0.25, 0.3) is 0 Å². The van der Waals surface area contributed by atoms with Crippen molar-refractivity contribution in [2.24, 2.45) is 0 Å². The van der Waals surface area contributed by atoms with Gasteiger partial charge in [-0.05, 0) is 24.3 Å². The lowest BCUT2D eigenvalue weighted by Crippen LogP contribution is -2.11. The van der Waals surface area contributed by atoms with Gasteiger partial charge >= 0.3 is 6.61 Å². The molecule has 1 aromatic heterocycles. The molecule has 0 spiro atoms. The number of carbonyl (C=O) groups excluding carboxylic acids is 1. The fraction of sp³-hybridized carbons (Fsp3) is 0.231. The summed E-state index contributed by atoms with van der Waals surface area (Å²) >= 11 is 0. The molecule has 1 N–H and O–H groups in total. The molecule has 1 amide bonds. The van der Waals surface area contributed by atoms with E-state index in [1.807, 2.05) is 0 Å². The predicted molar refractivity (Wildman–Crippen MR) is 70.3 cm³/mol. The Balaban J connectivity index is 1.99. The van der Waals surface area contributed by atoms with Crippen LogP contribution in [0.4, 0.5) is 14.5 Å². The number of halogens is 2. The van der Waals surface area contributed by atoms with Gasteiger partial charge in [0.25, 0.3) is 5.91 Å². The highest BCUT2D eigenvalue weighted by molar-refractivity contribution is 6.04. The number of hydrogen-bond donors (Lipinski definition) is 1. The summed E-state index contributed by atoms with van der Waals surface area (Å²) in [5, 5.41) is 6.60. The van der Waals surface area contributed by atoms with Crippen LogP contribution in [0.5, 0.6) is 5.75 Å². The normalized spacial score (nSPS) is 10.7. The Bertz CT molecular complexity index is 599. The Hall–Kier alpha value is -2.48. The average molecular weight is 297 g/mol. The summed E-state index contributed by atoms with van der Waals surface area (Å²) in [6.45, 7) is -2.62. The summed E-state index contributed by atoms with van der Waals surface area (Å²) in [6.07, 6.45) is 3.08. The zero-order valence-electron chi connectivity index (χ0n) is 11.1. The Labute approximate surface area is 119 Å². The van der Waals surface area contributed by atoms with E-state index in [2.05, 4.69) is 15.2 Å². The first-order valence-electron chi connectivity index (χ1n) is 5.96. The van der Waals surface area contributed by atoms with Gasteiger partial charge in [-0.2, -0.15) is 13.9 Å². The summed E-state index contributed by atoms with van der Waals surface area (Å²) in [7, 11) is 1.53. The van der Waals surface area contributed by atoms with Gasteiger partial charge in [-0.15, -0.1) is 0 Å². The summed E-state index contributed by atoms with van der Waals surface area (Å²) in [5.74, 6) is -0.384. The first-order valence-corrected chi connectivity index (χ1v) is 5.96. The minimum atomic E-state index is -2.89. The molecule has 8 heteroatoms. The molecule has 1 heterocycles. The smallest absolute Gasteiger partial charge is 0.387 e. The highest BCUT2D eigenvalue weighted by Gasteiger charge is 2.09. The number of rotatable bonds is 6. The van der Waals surface area contributed by atoms with Gasteiger partial charge in [0, 0.05) is 12.7 Å². The molecular formula is C13H13F2N3O3. The molecule has 0 saturated heterocycles. The molecular weight excluding hydrogens is 284 g/mol. The Morgan fingerprint density at radius 3 is 2.71 bits per heavy atom. The van der Waals surface area contributed by atoms with Crippen molar-refractivity contribution in [1.82, 2.24) is 9.78 Å². The Kier molecular flexibility index (Phi) is 4.83. The first-order chi connectivity index (χ1) is 10.1. The zero-order valence-corrected chi connectivity index (χ0v) is 11.1. The molecule has 0 fully saturated rings. The van der Waals surface area contributed by atoms with Gasteiger partial charge < -0.3 is 14.8 Å². The van der Waals surface area contributed by atoms with Crippen molar-refractivity contribution in [3.8, 4) is 5.75 Å². The van der Waals surface area contributed by atoms with Crippen LogP contribution in [-0.4, -0.2) is 29.4 Å². The molecule has 0 atom stereocenters. The quantitative estimate of drug-likeness (QED) is 0.889. The van der Waals surface area contributed by atoms with Gasteiger partial charge in [0.1, 0.15) is 12.5 Å². The zero-order chi connectivity index (χ0) is 15.2. The van der Waals surface area contributed by atoms with Gasteiger partial charge in [0.15, 0.2) is 0 Å². The van der Waals surface area contributed by atoms with E-state index in [-0.39, 0.29) is 18.4 Å². The molecule has 6 nitrogen and oxygen atoms in total. The van der Waals surface area contributed by atoms with Crippen molar-refractivity contribution in [2.45, 2.75) is 13.3 Å². The topological polar surface area (TPSA) is 65.4 Å². The van der Waals surface area contributed by atoms with Crippen LogP contribution in [0.1, 0.15) is 10.4 Å². The third-order valence-electron chi connectivity index (χ3n) is 2.49. The lowest BCUT2D eigenvalue weighted by atomic mass is 10.2. The summed E-state index contributed by atoms with van der Waals surface area (Å²) in [4.78, 5) is 11.9. The van der Waals surface area contributed by atoms with E-state index in [4.69, 9.17) is 4.74 Å². The predicted octanol–water partition coefficient (Wildman–Crippen LogP) is 2.34. The highest BCUT2D eigenvalue weighted by Crippen LogP contribution is 2.16. The van der Waals surface area contributed by atoms with Crippen molar-refractivity contribution in [1.29, 1.82) is 0 Å². The van der Waals surface area contributed by atoms with Crippen LogP contribution in [0, 0.1) is 0 Å². The molecule has 1 aromatic carbocycles. The molecule has 21 heavy (non-hydrogen) atoms. The molecule has 0 unspecified atom stereocenters. The van der Waals surface area contributed by atoms with E-state index in [0.717, 1.165) is 0 Å². The van der Waals surface area contributed by atoms with E-state index in [1.165, 1.54) is 42.3 Å². The number of hydrogen-bond acceptors (Lipinski definition) is 4. The molecule has 2 aromatic rings. The SMILES string of the molecule is COCn1cc(NC(=O)c2ccc(OC(F)F)cc2)cn1. The van der Waals surface area contributed by atoms with Crippen LogP contribution in [0.3, 0.4) is 0 Å². The number of alkyl halides is 2. The summed E-state index contributed by atoms with van der Waals surface area (Å²) in [6, 6.07) is 5.39. The highest BCUT2D eigenvalue weighted by atomic mass is 19.3. The van der Waals surface area contributed by atoms with Gasteiger partial charge in [0.05, 0.1) is 18.1 Å². The molecule has 0 aliphatic carbocycles. The Morgan fingerprint density at radius 2 is 2.10 bits per heavy atom. The van der Waals surface area contributed by atoms with Crippen molar-refractivity contribution in [2.75, 3.05) is 12.4 Å². The second-order valence-corrected chi connectivity index (χ2v) is 4.04. The number of amides is 1. The maximum absolute atomic E-state index is 12.0. The van der Waals surface area contributed by atoms with Crippen LogP contribution < -0.4 is 10.1 Å². The van der Waals surface area contributed by atoms with Crippen molar-refractivity contribution < 1.29 is 23.0 Å². The molecule has 0 radical (unpaired) electrons. The molecule has 0 bridgehead atoms. The van der Waals surface area contributed by atoms with Crippen LogP contribution in [-0.2, 0) is 11.5 Å². The molecule has 0 aliphatic rings. The maximum atomic E-state index is 12.0. The van der Waals surface area contributed by atoms with Gasteiger partial charge in [-0.25, -0.2) is 4.68 Å². The molecule has 2 rings (SSSR count). The van der Waals surface area contributed by atoms with Crippen molar-refractivity contribution in [3.05, 3.63) is 42.2 Å². The van der Waals surface area contributed by atoms with E-state index < -0.39 is 6.61 Å². The standard InChI is InChI=1S/C13H13F2N3O3/c1-20-8-18-7-10(6-16-18)17-12(19)9-2-4-11(5-3-9)21-13(14)15/h2-7,13H,8H2,1H3,(H,17,19). The number of carbonyl (C=O) groups is 1. The minimum Gasteiger partial charge on any atom is -0.435 e. The second kappa shape index (κ2) is 6.80. The second-order valence-electron chi connectivity index (χ2n) is 4.04. The van der Waals surface area contributed by atoms with Crippen LogP contribution in [0.15, 0.2) is 36.7 Å². The number of nitrogens with zero attached hydrogens (tertiary/aromatic N) is 2. The number of ether oxygens (including phenoxy) is 2. The summed E-state index contributed by atoms with van der Waals surface area (Å²) < 4.78 is 34.6. The lowest BCUT2D eigenvalue weighted by Gasteiger charge is -2.06. The number of methoxy groups -OCH3 is 1. The van der Waals surface area contributed by atoms with E-state index in [1.54, 1.807) is 6.20 Å². The minimum absolute atomic E-state index is 0.00513. The Morgan fingerprint density at radius 1 is 1.38 bits per heavy atom. The van der Waals surface area contributed by atoms with E-state index in [0.29, 0.717) is 11.3 Å². The largest absolute Gasteiger partial charge is 0.435 e. The molecule has 0 aliphatic heterocycles. The van der Waals surface area contributed by atoms with Gasteiger partial charge in [-0.3, -0.25) is 4.79 Å². The van der Waals surface area contributed by atoms with E-state index >= 15 is 0 Å².